The van der Waals surface area contributed by atoms with Gasteiger partial charge >= 0.3 is 12.2 Å². The molecule has 0 fully saturated rings. The number of ether oxygens (including phenoxy) is 3. The second-order valence-corrected chi connectivity index (χ2v) is 13.0. The van der Waals surface area contributed by atoms with Crippen LogP contribution in [0, 0.1) is 0 Å². The zero-order valence-electron chi connectivity index (χ0n) is 23.0. The molecule has 39 heavy (non-hydrogen) atoms. The molecule has 4 rings (SSSR count). The Morgan fingerprint density at radius 1 is 0.923 bits per heavy atom. The van der Waals surface area contributed by atoms with Crippen LogP contribution in [0.3, 0.4) is 0 Å². The predicted molar refractivity (Wildman–Crippen MR) is 145 cm³/mol. The molecule has 3 heterocycles. The molecule has 1 aliphatic heterocycles. The lowest BCUT2D eigenvalue weighted by atomic mass is 10.2. The van der Waals surface area contributed by atoms with Gasteiger partial charge in [-0.1, -0.05) is 12.1 Å². The van der Waals surface area contributed by atoms with Crippen molar-refractivity contribution in [2.75, 3.05) is 31.2 Å². The second kappa shape index (κ2) is 10.5. The standard InChI is InChI=1S/C27H34N4O7S/c1-26(2,3)37-24(32)29-12-14-36-15-13-31(25(33)38-27(4,5)6)39(34,35)21-9-7-8-19(16-21)22-17-28-23-11-10-20(29)18-30(22)23/h7-11,16-18H,12-15H2,1-6H3. The second-order valence-electron chi connectivity index (χ2n) is 11.1. The summed E-state index contributed by atoms with van der Waals surface area (Å²) in [6.45, 7) is 10.1. The summed E-state index contributed by atoms with van der Waals surface area (Å²) in [5.74, 6) is 0. The molecule has 2 aromatic heterocycles. The van der Waals surface area contributed by atoms with Crippen LogP contribution in [0.4, 0.5) is 15.3 Å². The third kappa shape index (κ3) is 6.51. The number of carbonyl (C=O) groups is 2. The van der Waals surface area contributed by atoms with Crippen molar-refractivity contribution >= 4 is 33.5 Å². The minimum absolute atomic E-state index is 0.0595. The number of fused-ring (bicyclic) bond motifs is 4. The van der Waals surface area contributed by atoms with E-state index in [0.29, 0.717) is 26.9 Å². The van der Waals surface area contributed by atoms with Crippen molar-refractivity contribution < 1.29 is 32.2 Å². The normalized spacial score (nSPS) is 16.5. The van der Waals surface area contributed by atoms with E-state index in [4.69, 9.17) is 14.2 Å². The number of anilines is 1. The van der Waals surface area contributed by atoms with Gasteiger partial charge in [-0.15, -0.1) is 0 Å². The first-order valence-electron chi connectivity index (χ1n) is 12.6. The highest BCUT2D eigenvalue weighted by Gasteiger charge is 2.33. The van der Waals surface area contributed by atoms with Crippen LogP contribution in [0.15, 0.2) is 53.7 Å². The van der Waals surface area contributed by atoms with Crippen molar-refractivity contribution in [3.05, 3.63) is 48.8 Å². The molecule has 1 aromatic carbocycles. The topological polar surface area (TPSA) is 120 Å². The van der Waals surface area contributed by atoms with Gasteiger partial charge in [0.1, 0.15) is 16.8 Å². The molecule has 11 nitrogen and oxygen atoms in total. The maximum absolute atomic E-state index is 13.7. The van der Waals surface area contributed by atoms with E-state index in [0.717, 1.165) is 0 Å². The minimum Gasteiger partial charge on any atom is -0.443 e. The lowest BCUT2D eigenvalue weighted by molar-refractivity contribution is 0.0340. The van der Waals surface area contributed by atoms with Gasteiger partial charge in [0.15, 0.2) is 0 Å². The predicted octanol–water partition coefficient (Wildman–Crippen LogP) is 4.70. The molecule has 0 N–H and O–H groups in total. The molecule has 0 atom stereocenters. The van der Waals surface area contributed by atoms with Crippen LogP contribution >= 0.6 is 0 Å². The Bertz CT molecular complexity index is 1490. The number of nitrogens with zero attached hydrogens (tertiary/aromatic N) is 4. The average molecular weight is 559 g/mol. The Balaban J connectivity index is 1.83. The number of pyridine rings is 1. The van der Waals surface area contributed by atoms with Crippen molar-refractivity contribution in [1.82, 2.24) is 13.7 Å². The van der Waals surface area contributed by atoms with Crippen LogP contribution in [0.5, 0.6) is 0 Å². The van der Waals surface area contributed by atoms with Crippen molar-refractivity contribution in [3.8, 4) is 11.3 Å². The number of hydrogen-bond donors (Lipinski definition) is 0. The van der Waals surface area contributed by atoms with Gasteiger partial charge in [-0.25, -0.2) is 23.0 Å². The highest BCUT2D eigenvalue weighted by Crippen LogP contribution is 2.28. The van der Waals surface area contributed by atoms with Crippen molar-refractivity contribution in [1.29, 1.82) is 0 Å². The zero-order valence-corrected chi connectivity index (χ0v) is 23.8. The molecule has 4 bridgehead atoms. The largest absolute Gasteiger partial charge is 0.443 e. The van der Waals surface area contributed by atoms with Crippen molar-refractivity contribution in [2.24, 2.45) is 0 Å². The Labute approximate surface area is 228 Å². The zero-order chi connectivity index (χ0) is 28.6. The first kappa shape index (κ1) is 28.4. The molecule has 0 saturated heterocycles. The van der Waals surface area contributed by atoms with Gasteiger partial charge in [0.2, 0.25) is 0 Å². The van der Waals surface area contributed by atoms with E-state index in [9.17, 15) is 18.0 Å². The van der Waals surface area contributed by atoms with Gasteiger partial charge in [-0.05, 0) is 65.8 Å². The lowest BCUT2D eigenvalue weighted by Crippen LogP contribution is -2.43. The van der Waals surface area contributed by atoms with Crippen LogP contribution in [-0.4, -0.2) is 71.8 Å². The molecule has 12 heteroatoms. The average Bonchev–Trinajstić information content (AvgIpc) is 3.24. The summed E-state index contributed by atoms with van der Waals surface area (Å²) in [7, 11) is -4.29. The molecular weight excluding hydrogens is 524 g/mol. The van der Waals surface area contributed by atoms with E-state index in [2.05, 4.69) is 4.98 Å². The summed E-state index contributed by atoms with van der Waals surface area (Å²) in [5.41, 5.74) is 0.675. The summed E-state index contributed by atoms with van der Waals surface area (Å²) < 4.78 is 46.5. The summed E-state index contributed by atoms with van der Waals surface area (Å²) in [6.07, 6.45) is 1.80. The van der Waals surface area contributed by atoms with Gasteiger partial charge in [0.25, 0.3) is 10.0 Å². The van der Waals surface area contributed by atoms with Crippen LogP contribution in [0.1, 0.15) is 41.5 Å². The number of sulfonamides is 1. The molecule has 3 aromatic rings. The van der Waals surface area contributed by atoms with E-state index in [1.165, 1.54) is 17.0 Å². The maximum atomic E-state index is 13.7. The number of hydrogen-bond acceptors (Lipinski definition) is 8. The van der Waals surface area contributed by atoms with E-state index in [-0.39, 0.29) is 31.2 Å². The fourth-order valence-corrected chi connectivity index (χ4v) is 5.29. The number of aromatic nitrogens is 2. The molecule has 1 aliphatic rings. The van der Waals surface area contributed by atoms with Crippen molar-refractivity contribution in [3.63, 3.8) is 0 Å². The summed E-state index contributed by atoms with van der Waals surface area (Å²) in [6, 6.07) is 9.78. The molecule has 2 amide bonds. The number of benzene rings is 1. The molecule has 0 unspecified atom stereocenters. The lowest BCUT2D eigenvalue weighted by Gasteiger charge is -2.28. The molecule has 210 valence electrons. The number of carbonyl (C=O) groups excluding carboxylic acids is 2. The molecular formula is C27H34N4O7S. The third-order valence-corrected chi connectivity index (χ3v) is 7.39. The number of imidazole rings is 1. The number of rotatable bonds is 0. The van der Waals surface area contributed by atoms with Crippen LogP contribution < -0.4 is 4.90 Å². The quantitative estimate of drug-likeness (QED) is 0.390. The highest BCUT2D eigenvalue weighted by atomic mass is 32.2. The SMILES string of the molecule is CC(C)(C)OC(=O)N1CCOCCN(C(=O)OC(C)(C)C)S(=O)(=O)c2cccc(c2)-c2cnc3ccc1cn23. The number of amides is 2. The van der Waals surface area contributed by atoms with Gasteiger partial charge in [0.05, 0.1) is 48.8 Å². The van der Waals surface area contributed by atoms with Gasteiger partial charge in [-0.3, -0.25) is 9.30 Å². The minimum atomic E-state index is -4.29. The van der Waals surface area contributed by atoms with Crippen LogP contribution in [0.25, 0.3) is 16.9 Å². The Morgan fingerprint density at radius 2 is 1.59 bits per heavy atom. The third-order valence-electron chi connectivity index (χ3n) is 5.63. The Kier molecular flexibility index (Phi) is 7.63. The molecule has 0 saturated carbocycles. The fraction of sp³-hybridized carbons (Fsp3) is 0.444. The van der Waals surface area contributed by atoms with Gasteiger partial charge in [-0.2, -0.15) is 4.31 Å². The van der Waals surface area contributed by atoms with E-state index >= 15 is 0 Å². The first-order chi connectivity index (χ1) is 18.2. The summed E-state index contributed by atoms with van der Waals surface area (Å²) in [5, 5.41) is 0. The maximum Gasteiger partial charge on any atom is 0.424 e. The summed E-state index contributed by atoms with van der Waals surface area (Å²) >= 11 is 0. The van der Waals surface area contributed by atoms with Gasteiger partial charge in [0, 0.05) is 11.8 Å². The van der Waals surface area contributed by atoms with Gasteiger partial charge < -0.3 is 14.2 Å². The van der Waals surface area contributed by atoms with Crippen LogP contribution in [0.2, 0.25) is 0 Å². The van der Waals surface area contributed by atoms with E-state index in [1.807, 2.05) is 0 Å². The van der Waals surface area contributed by atoms with E-state index in [1.54, 1.807) is 82.6 Å². The monoisotopic (exact) mass is 558 g/mol. The van der Waals surface area contributed by atoms with Crippen LogP contribution in [-0.2, 0) is 24.2 Å². The smallest absolute Gasteiger partial charge is 0.424 e. The first-order valence-corrected chi connectivity index (χ1v) is 14.0. The molecule has 0 radical (unpaired) electrons. The van der Waals surface area contributed by atoms with E-state index < -0.39 is 33.4 Å². The Hall–Kier alpha value is -3.64. The Morgan fingerprint density at radius 3 is 2.28 bits per heavy atom. The summed E-state index contributed by atoms with van der Waals surface area (Å²) in [4.78, 5) is 32.0. The fourth-order valence-electron chi connectivity index (χ4n) is 3.96. The van der Waals surface area contributed by atoms with Crippen molar-refractivity contribution in [2.45, 2.75) is 57.6 Å². The highest BCUT2D eigenvalue weighted by molar-refractivity contribution is 7.89. The molecule has 0 aliphatic carbocycles. The molecule has 0 spiro atoms.